The Bertz CT molecular complexity index is 1470. The third kappa shape index (κ3) is 4.45. The smallest absolute Gasteiger partial charge is 0.291 e. The topological polar surface area (TPSA) is 68.3 Å². The van der Waals surface area contributed by atoms with E-state index in [9.17, 15) is 4.79 Å². The first-order valence-corrected chi connectivity index (χ1v) is 11.5. The van der Waals surface area contributed by atoms with Crippen LogP contribution in [0.25, 0.3) is 33.9 Å². The molecule has 0 spiro atoms. The number of hydrogen-bond donors (Lipinski definition) is 1. The van der Waals surface area contributed by atoms with Gasteiger partial charge in [0.1, 0.15) is 11.3 Å². The van der Waals surface area contributed by atoms with Crippen molar-refractivity contribution in [2.75, 3.05) is 5.32 Å². The highest BCUT2D eigenvalue weighted by molar-refractivity contribution is 9.10. The minimum atomic E-state index is -0.339. The van der Waals surface area contributed by atoms with Crippen molar-refractivity contribution in [3.8, 4) is 22.8 Å². The van der Waals surface area contributed by atoms with E-state index in [0.717, 1.165) is 27.5 Å². The molecule has 0 aliphatic heterocycles. The van der Waals surface area contributed by atoms with Crippen LogP contribution in [0.15, 0.2) is 86.1 Å². The number of hydrogen-bond acceptors (Lipinski definition) is 4. The lowest BCUT2D eigenvalue weighted by molar-refractivity contribution is 0.0997. The lowest BCUT2D eigenvalue weighted by atomic mass is 10.1. The molecule has 0 fully saturated rings. The van der Waals surface area contributed by atoms with Crippen LogP contribution in [-0.4, -0.2) is 10.9 Å². The van der Waals surface area contributed by atoms with Gasteiger partial charge in [0.2, 0.25) is 5.89 Å². The summed E-state index contributed by atoms with van der Waals surface area (Å²) in [5.74, 6) is 0.971. The average molecular weight is 522 g/mol. The molecule has 2 aromatic heterocycles. The molecule has 2 heterocycles. The molecule has 3 aromatic carbocycles. The van der Waals surface area contributed by atoms with E-state index in [1.165, 1.54) is 5.56 Å². The first-order chi connectivity index (χ1) is 16.0. The van der Waals surface area contributed by atoms with E-state index in [1.54, 1.807) is 36.4 Å². The van der Waals surface area contributed by atoms with Crippen LogP contribution >= 0.6 is 27.5 Å². The second-order valence-corrected chi connectivity index (χ2v) is 8.79. The van der Waals surface area contributed by atoms with E-state index in [-0.39, 0.29) is 11.7 Å². The minimum absolute atomic E-state index is 0.213. The predicted molar refractivity (Wildman–Crippen MR) is 134 cm³/mol. The number of rotatable bonds is 5. The van der Waals surface area contributed by atoms with Gasteiger partial charge in [-0.25, -0.2) is 4.98 Å². The normalized spacial score (nSPS) is 11.1. The fourth-order valence-corrected chi connectivity index (χ4v) is 4.29. The Morgan fingerprint density at radius 2 is 1.82 bits per heavy atom. The van der Waals surface area contributed by atoms with Crippen molar-refractivity contribution in [3.05, 3.63) is 93.6 Å². The number of nitrogens with zero attached hydrogens (tertiary/aromatic N) is 1. The Balaban J connectivity index is 1.33. The largest absolute Gasteiger partial charge is 0.451 e. The maximum atomic E-state index is 12.6. The van der Waals surface area contributed by atoms with Crippen LogP contribution in [0.1, 0.15) is 23.0 Å². The quantitative estimate of drug-likeness (QED) is 0.254. The number of carbonyl (C=O) groups is 1. The Morgan fingerprint density at radius 1 is 1.00 bits per heavy atom. The Kier molecular flexibility index (Phi) is 5.79. The highest BCUT2D eigenvalue weighted by Crippen LogP contribution is 2.31. The van der Waals surface area contributed by atoms with Crippen LogP contribution in [0.4, 0.5) is 5.69 Å². The number of aryl methyl sites for hydroxylation is 1. The second-order valence-electron chi connectivity index (χ2n) is 7.50. The van der Waals surface area contributed by atoms with Crippen molar-refractivity contribution in [3.63, 3.8) is 0 Å². The molecule has 5 aromatic rings. The molecule has 1 amide bonds. The molecule has 7 heteroatoms. The molecule has 0 unspecified atom stereocenters. The Morgan fingerprint density at radius 3 is 2.58 bits per heavy atom. The summed E-state index contributed by atoms with van der Waals surface area (Å²) >= 11 is 9.60. The molecule has 0 aliphatic carbocycles. The van der Waals surface area contributed by atoms with Crippen molar-refractivity contribution in [2.24, 2.45) is 0 Å². The molecule has 0 aliphatic rings. The number of halogens is 2. The highest BCUT2D eigenvalue weighted by Gasteiger charge is 2.15. The van der Waals surface area contributed by atoms with Crippen molar-refractivity contribution < 1.29 is 13.6 Å². The van der Waals surface area contributed by atoms with E-state index >= 15 is 0 Å². The molecule has 5 rings (SSSR count). The number of carbonyl (C=O) groups excluding carboxylic acids is 1. The van der Waals surface area contributed by atoms with Gasteiger partial charge >= 0.3 is 0 Å². The van der Waals surface area contributed by atoms with Crippen LogP contribution in [0.2, 0.25) is 5.02 Å². The average Bonchev–Trinajstić information content (AvgIpc) is 3.48. The van der Waals surface area contributed by atoms with Gasteiger partial charge in [0.05, 0.1) is 4.47 Å². The number of aromatic nitrogens is 1. The molecular weight excluding hydrogens is 504 g/mol. The minimum Gasteiger partial charge on any atom is -0.451 e. The number of nitrogens with one attached hydrogen (secondary N) is 1. The molecule has 0 radical (unpaired) electrons. The number of fused-ring (bicyclic) bond motifs is 1. The van der Waals surface area contributed by atoms with Gasteiger partial charge < -0.3 is 14.2 Å². The second kappa shape index (κ2) is 8.89. The lowest BCUT2D eigenvalue weighted by Crippen LogP contribution is -2.10. The molecule has 0 saturated heterocycles. The molecule has 1 N–H and O–H groups in total. The standard InChI is InChI=1S/C26H18BrClN2O3/c1-2-15-12-20(27)24-21(13-15)30-26(33-24)16-6-8-19(9-7-16)29-25(31)23-11-10-22(32-23)17-4-3-5-18(28)14-17/h3-14H,2H2,1H3,(H,29,31). The van der Waals surface area contributed by atoms with Gasteiger partial charge in [-0.05, 0) is 88.6 Å². The number of oxazole rings is 1. The van der Waals surface area contributed by atoms with E-state index in [0.29, 0.717) is 27.9 Å². The van der Waals surface area contributed by atoms with Gasteiger partial charge in [-0.15, -0.1) is 0 Å². The first kappa shape index (κ1) is 21.5. The summed E-state index contributed by atoms with van der Waals surface area (Å²) in [5, 5.41) is 3.45. The highest BCUT2D eigenvalue weighted by atomic mass is 79.9. The van der Waals surface area contributed by atoms with Crippen LogP contribution < -0.4 is 5.32 Å². The summed E-state index contributed by atoms with van der Waals surface area (Å²) in [5.41, 5.74) is 4.96. The van der Waals surface area contributed by atoms with Crippen molar-refractivity contribution >= 4 is 50.2 Å². The molecule has 0 bridgehead atoms. The van der Waals surface area contributed by atoms with Crippen molar-refractivity contribution in [1.82, 2.24) is 4.98 Å². The van der Waals surface area contributed by atoms with Gasteiger partial charge in [0.15, 0.2) is 11.3 Å². The summed E-state index contributed by atoms with van der Waals surface area (Å²) in [6.07, 6.45) is 0.918. The maximum Gasteiger partial charge on any atom is 0.291 e. The molecule has 33 heavy (non-hydrogen) atoms. The van der Waals surface area contributed by atoms with Crippen LogP contribution in [0, 0.1) is 0 Å². The van der Waals surface area contributed by atoms with Crippen molar-refractivity contribution in [2.45, 2.75) is 13.3 Å². The van der Waals surface area contributed by atoms with Gasteiger partial charge in [0.25, 0.3) is 5.91 Å². The first-order valence-electron chi connectivity index (χ1n) is 10.4. The van der Waals surface area contributed by atoms with Crippen molar-refractivity contribution in [1.29, 1.82) is 0 Å². The van der Waals surface area contributed by atoms with Crippen LogP contribution in [0.3, 0.4) is 0 Å². The number of benzene rings is 3. The Hall–Kier alpha value is -3.35. The Labute approximate surface area is 203 Å². The number of anilines is 1. The van der Waals surface area contributed by atoms with Gasteiger partial charge in [0, 0.05) is 21.8 Å². The zero-order chi connectivity index (χ0) is 22.9. The summed E-state index contributed by atoms with van der Waals surface area (Å²) in [4.78, 5) is 17.2. The number of amides is 1. The van der Waals surface area contributed by atoms with E-state index in [1.807, 2.05) is 36.4 Å². The fraction of sp³-hybridized carbons (Fsp3) is 0.0769. The SMILES string of the molecule is CCc1cc(Br)c2oc(-c3ccc(NC(=O)c4ccc(-c5cccc(Cl)c5)o4)cc3)nc2c1. The third-order valence-corrected chi connectivity index (χ3v) is 6.07. The van der Waals surface area contributed by atoms with Gasteiger partial charge in [-0.3, -0.25) is 4.79 Å². The monoisotopic (exact) mass is 520 g/mol. The summed E-state index contributed by atoms with van der Waals surface area (Å²) in [7, 11) is 0. The lowest BCUT2D eigenvalue weighted by Gasteiger charge is -2.04. The van der Waals surface area contributed by atoms with Crippen LogP contribution in [0.5, 0.6) is 0 Å². The molecular formula is C26H18BrClN2O3. The van der Waals surface area contributed by atoms with E-state index in [2.05, 4.69) is 33.2 Å². The van der Waals surface area contributed by atoms with Crippen LogP contribution in [-0.2, 0) is 6.42 Å². The third-order valence-electron chi connectivity index (χ3n) is 5.24. The summed E-state index contributed by atoms with van der Waals surface area (Å²) < 4.78 is 12.6. The van der Waals surface area contributed by atoms with Gasteiger partial charge in [-0.2, -0.15) is 0 Å². The number of furan rings is 1. The molecule has 0 atom stereocenters. The summed E-state index contributed by atoms with van der Waals surface area (Å²) in [6, 6.07) is 22.1. The van der Waals surface area contributed by atoms with Gasteiger partial charge in [-0.1, -0.05) is 30.7 Å². The maximum absolute atomic E-state index is 12.6. The summed E-state index contributed by atoms with van der Waals surface area (Å²) in [6.45, 7) is 2.10. The zero-order valence-electron chi connectivity index (χ0n) is 17.6. The predicted octanol–water partition coefficient (Wildman–Crippen LogP) is 7.99. The van der Waals surface area contributed by atoms with E-state index < -0.39 is 0 Å². The fourth-order valence-electron chi connectivity index (χ4n) is 3.52. The van der Waals surface area contributed by atoms with E-state index in [4.69, 9.17) is 20.4 Å². The molecule has 5 nitrogen and oxygen atoms in total. The zero-order valence-corrected chi connectivity index (χ0v) is 19.9. The molecule has 0 saturated carbocycles. The molecule has 164 valence electrons.